The number of nitrogens with zero attached hydrogens (tertiary/aromatic N) is 2. The molecule has 1 heterocycles. The van der Waals surface area contributed by atoms with Crippen molar-refractivity contribution in [2.24, 2.45) is 5.92 Å². The normalized spacial score (nSPS) is 15.5. The van der Waals surface area contributed by atoms with Gasteiger partial charge in [-0.3, -0.25) is 14.9 Å². The van der Waals surface area contributed by atoms with Crippen LogP contribution in [-0.2, 0) is 14.8 Å². The van der Waals surface area contributed by atoms with Crippen LogP contribution in [0.5, 0.6) is 5.75 Å². The molecule has 1 N–H and O–H groups in total. The van der Waals surface area contributed by atoms with Crippen LogP contribution in [0.1, 0.15) is 18.4 Å². The van der Waals surface area contributed by atoms with Crippen LogP contribution in [0.3, 0.4) is 0 Å². The molecule has 0 aliphatic carbocycles. The van der Waals surface area contributed by atoms with Crippen molar-refractivity contribution >= 4 is 38.9 Å². The largest absolute Gasteiger partial charge is 0.495 e. The van der Waals surface area contributed by atoms with Crippen LogP contribution in [0.15, 0.2) is 41.3 Å². The Morgan fingerprint density at radius 2 is 1.90 bits per heavy atom. The maximum Gasteiger partial charge on any atom is 0.289 e. The van der Waals surface area contributed by atoms with Crippen LogP contribution < -0.4 is 10.1 Å². The number of nitro groups is 1. The van der Waals surface area contributed by atoms with Crippen LogP contribution in [0.25, 0.3) is 0 Å². The molecule has 9 nitrogen and oxygen atoms in total. The van der Waals surface area contributed by atoms with E-state index in [-0.39, 0.29) is 23.9 Å². The van der Waals surface area contributed by atoms with Gasteiger partial charge in [-0.25, -0.2) is 8.42 Å². The molecule has 0 unspecified atom stereocenters. The molecular weight excluding hydrogens is 446 g/mol. The second-order valence-corrected chi connectivity index (χ2v) is 9.51. The molecule has 11 heteroatoms. The fourth-order valence-electron chi connectivity index (χ4n) is 3.49. The van der Waals surface area contributed by atoms with Crippen LogP contribution in [0.2, 0.25) is 5.02 Å². The number of hydrogen-bond donors (Lipinski definition) is 1. The zero-order chi connectivity index (χ0) is 22.8. The fourth-order valence-corrected chi connectivity index (χ4v) is 5.27. The minimum absolute atomic E-state index is 0.0866. The van der Waals surface area contributed by atoms with E-state index in [0.29, 0.717) is 29.3 Å². The lowest BCUT2D eigenvalue weighted by Crippen LogP contribution is -2.41. The fraction of sp³-hybridized carbons (Fsp3) is 0.350. The molecule has 0 atom stereocenters. The summed E-state index contributed by atoms with van der Waals surface area (Å²) in [5.74, 6) is -0.221. The van der Waals surface area contributed by atoms with E-state index in [1.807, 2.05) is 6.92 Å². The molecule has 1 aliphatic heterocycles. The van der Waals surface area contributed by atoms with Gasteiger partial charge in [-0.1, -0.05) is 23.7 Å². The van der Waals surface area contributed by atoms with Crippen LogP contribution in [-0.4, -0.2) is 43.8 Å². The van der Waals surface area contributed by atoms with Gasteiger partial charge in [0.15, 0.2) is 4.90 Å². The van der Waals surface area contributed by atoms with Gasteiger partial charge in [0.25, 0.3) is 5.69 Å². The number of nitro benzene ring substituents is 1. The smallest absolute Gasteiger partial charge is 0.289 e. The van der Waals surface area contributed by atoms with Gasteiger partial charge in [-0.15, -0.1) is 0 Å². The third kappa shape index (κ3) is 4.81. The summed E-state index contributed by atoms with van der Waals surface area (Å²) in [6.45, 7) is 1.98. The summed E-state index contributed by atoms with van der Waals surface area (Å²) in [4.78, 5) is 22.9. The number of hydrogen-bond acceptors (Lipinski definition) is 6. The van der Waals surface area contributed by atoms with Crippen molar-refractivity contribution in [1.82, 2.24) is 4.31 Å². The Hall–Kier alpha value is -2.69. The van der Waals surface area contributed by atoms with Gasteiger partial charge in [0, 0.05) is 36.2 Å². The summed E-state index contributed by atoms with van der Waals surface area (Å²) in [6.07, 6.45) is 0.584. The highest BCUT2D eigenvalue weighted by Crippen LogP contribution is 2.33. The number of carbonyl (C=O) groups excluding carboxylic acids is 1. The molecule has 1 saturated heterocycles. The van der Waals surface area contributed by atoms with E-state index in [1.54, 1.807) is 12.1 Å². The lowest BCUT2D eigenvalue weighted by molar-refractivity contribution is -0.387. The van der Waals surface area contributed by atoms with Gasteiger partial charge in [0.1, 0.15) is 5.75 Å². The van der Waals surface area contributed by atoms with Crippen molar-refractivity contribution < 1.29 is 22.9 Å². The first-order chi connectivity index (χ1) is 14.6. The number of para-hydroxylation sites is 1. The maximum absolute atomic E-state index is 12.9. The highest BCUT2D eigenvalue weighted by atomic mass is 35.5. The van der Waals surface area contributed by atoms with E-state index in [2.05, 4.69) is 5.32 Å². The molecule has 1 amide bonds. The van der Waals surface area contributed by atoms with Crippen molar-refractivity contribution in [1.29, 1.82) is 0 Å². The van der Waals surface area contributed by atoms with Gasteiger partial charge >= 0.3 is 0 Å². The number of anilines is 1. The number of methoxy groups -OCH3 is 1. The number of sulfonamides is 1. The molecule has 1 fully saturated rings. The SMILES string of the molecule is COc1cc(Cl)c(C)cc1NC(=O)C1CCN(S(=O)(=O)c2ccccc2[N+](=O)[O-])CC1. The highest BCUT2D eigenvalue weighted by molar-refractivity contribution is 7.89. The number of aryl methyl sites for hydroxylation is 1. The van der Waals surface area contributed by atoms with E-state index in [1.165, 1.54) is 29.6 Å². The van der Waals surface area contributed by atoms with E-state index in [0.717, 1.165) is 11.6 Å². The van der Waals surface area contributed by atoms with Gasteiger partial charge in [0.05, 0.1) is 17.7 Å². The number of nitrogens with one attached hydrogen (secondary N) is 1. The molecule has 0 saturated carbocycles. The Bertz CT molecular complexity index is 1110. The third-order valence-corrected chi connectivity index (χ3v) is 7.60. The Morgan fingerprint density at radius 3 is 2.52 bits per heavy atom. The first kappa shape index (κ1) is 23.0. The lowest BCUT2D eigenvalue weighted by Gasteiger charge is -2.30. The number of piperidine rings is 1. The summed E-state index contributed by atoms with van der Waals surface area (Å²) in [5.41, 5.74) is 0.806. The summed E-state index contributed by atoms with van der Waals surface area (Å²) < 4.78 is 32.3. The Morgan fingerprint density at radius 1 is 1.26 bits per heavy atom. The quantitative estimate of drug-likeness (QED) is 0.512. The molecule has 0 aromatic heterocycles. The van der Waals surface area contributed by atoms with Crippen LogP contribution in [0, 0.1) is 23.0 Å². The first-order valence-corrected chi connectivity index (χ1v) is 11.4. The number of halogens is 1. The zero-order valence-corrected chi connectivity index (χ0v) is 18.6. The monoisotopic (exact) mass is 467 g/mol. The predicted octanol–water partition coefficient (Wildman–Crippen LogP) is 3.60. The minimum Gasteiger partial charge on any atom is -0.495 e. The van der Waals surface area contributed by atoms with Crippen LogP contribution in [0.4, 0.5) is 11.4 Å². The molecule has 2 aromatic rings. The summed E-state index contributed by atoms with van der Waals surface area (Å²) in [5, 5.41) is 14.6. The molecule has 0 spiro atoms. The van der Waals surface area contributed by atoms with Crippen molar-refractivity contribution in [3.63, 3.8) is 0 Å². The molecule has 3 rings (SSSR count). The maximum atomic E-state index is 12.9. The van der Waals surface area contributed by atoms with E-state index < -0.39 is 26.6 Å². The van der Waals surface area contributed by atoms with Gasteiger partial charge in [-0.2, -0.15) is 4.31 Å². The Kier molecular flexibility index (Phi) is 6.83. The molecule has 2 aromatic carbocycles. The zero-order valence-electron chi connectivity index (χ0n) is 17.0. The first-order valence-electron chi connectivity index (χ1n) is 9.53. The predicted molar refractivity (Wildman–Crippen MR) is 116 cm³/mol. The van der Waals surface area contributed by atoms with Gasteiger partial charge in [0.2, 0.25) is 15.9 Å². The third-order valence-electron chi connectivity index (χ3n) is 5.24. The van der Waals surface area contributed by atoms with Crippen LogP contribution >= 0.6 is 11.6 Å². The molecule has 0 bridgehead atoms. The Balaban J connectivity index is 1.71. The molecule has 31 heavy (non-hydrogen) atoms. The van der Waals surface area contributed by atoms with Gasteiger partial charge < -0.3 is 10.1 Å². The standard InChI is InChI=1S/C20H22ClN3O6S/c1-13-11-16(18(30-2)12-15(13)21)22-20(25)14-7-9-23(10-8-14)31(28,29)19-6-4-3-5-17(19)24(26)27/h3-6,11-12,14H,7-10H2,1-2H3,(H,22,25). The Labute approximate surface area is 185 Å². The highest BCUT2D eigenvalue weighted by Gasteiger charge is 2.35. The number of ether oxygens (including phenoxy) is 1. The van der Waals surface area contributed by atoms with Crippen molar-refractivity contribution in [3.05, 3.63) is 57.1 Å². The minimum atomic E-state index is -4.04. The van der Waals surface area contributed by atoms with E-state index >= 15 is 0 Å². The molecular formula is C20H22ClN3O6S. The summed E-state index contributed by atoms with van der Waals surface area (Å²) in [7, 11) is -2.57. The number of carbonyl (C=O) groups is 1. The molecule has 0 radical (unpaired) electrons. The second-order valence-electron chi connectivity index (χ2n) is 7.19. The lowest BCUT2D eigenvalue weighted by atomic mass is 9.97. The summed E-state index contributed by atoms with van der Waals surface area (Å²) >= 11 is 6.09. The number of rotatable bonds is 6. The average molecular weight is 468 g/mol. The van der Waals surface area contributed by atoms with Gasteiger partial charge in [-0.05, 0) is 37.5 Å². The molecule has 1 aliphatic rings. The van der Waals surface area contributed by atoms with E-state index in [4.69, 9.17) is 16.3 Å². The van der Waals surface area contributed by atoms with Crippen molar-refractivity contribution in [3.8, 4) is 5.75 Å². The van der Waals surface area contributed by atoms with Crippen molar-refractivity contribution in [2.75, 3.05) is 25.5 Å². The van der Waals surface area contributed by atoms with E-state index in [9.17, 15) is 23.3 Å². The summed E-state index contributed by atoms with van der Waals surface area (Å²) in [6, 6.07) is 8.58. The molecule has 166 valence electrons. The number of amides is 1. The second kappa shape index (κ2) is 9.21. The topological polar surface area (TPSA) is 119 Å². The van der Waals surface area contributed by atoms with Crippen molar-refractivity contribution in [2.45, 2.75) is 24.7 Å². The average Bonchev–Trinajstić information content (AvgIpc) is 2.76. The number of benzene rings is 2.